The van der Waals surface area contributed by atoms with Crippen LogP contribution in [0.25, 0.3) is 0 Å². The van der Waals surface area contributed by atoms with Crippen LogP contribution in [0, 0.1) is 0 Å². The number of hydrogen-bond acceptors (Lipinski definition) is 2. The van der Waals surface area contributed by atoms with Crippen molar-refractivity contribution in [1.29, 1.82) is 0 Å². The zero-order chi connectivity index (χ0) is 13.7. The van der Waals surface area contributed by atoms with Gasteiger partial charge in [-0.2, -0.15) is 0 Å². The Hall–Kier alpha value is -0.860. The maximum atomic E-state index is 6.15. The highest BCUT2D eigenvalue weighted by molar-refractivity contribution is 5.36. The minimum Gasteiger partial charge on any atom is -0.376 e. The van der Waals surface area contributed by atoms with Gasteiger partial charge < -0.3 is 10.1 Å². The van der Waals surface area contributed by atoms with E-state index in [1.807, 2.05) is 7.05 Å². The molecule has 0 aliphatic heterocycles. The fourth-order valence-corrected chi connectivity index (χ4v) is 3.15. The van der Waals surface area contributed by atoms with Crippen molar-refractivity contribution in [2.45, 2.75) is 57.6 Å². The van der Waals surface area contributed by atoms with E-state index in [1.165, 1.54) is 30.4 Å². The molecule has 0 saturated carbocycles. The van der Waals surface area contributed by atoms with Crippen molar-refractivity contribution >= 4 is 0 Å². The van der Waals surface area contributed by atoms with Crippen molar-refractivity contribution in [2.24, 2.45) is 0 Å². The first-order valence-corrected chi connectivity index (χ1v) is 7.65. The molecule has 3 unspecified atom stereocenters. The van der Waals surface area contributed by atoms with Crippen molar-refractivity contribution in [3.63, 3.8) is 0 Å². The van der Waals surface area contributed by atoms with E-state index in [4.69, 9.17) is 4.74 Å². The van der Waals surface area contributed by atoms with Gasteiger partial charge in [-0.15, -0.1) is 0 Å². The summed E-state index contributed by atoms with van der Waals surface area (Å²) in [7, 11) is 2.04. The molecule has 1 aliphatic carbocycles. The van der Waals surface area contributed by atoms with Gasteiger partial charge in [0.05, 0.1) is 12.1 Å². The van der Waals surface area contributed by atoms with Crippen LogP contribution in [0.15, 0.2) is 24.3 Å². The van der Waals surface area contributed by atoms with E-state index >= 15 is 0 Å². The SMILES string of the molecule is CCCCCOC1CC(C)c2ccccc2C1NC. The van der Waals surface area contributed by atoms with Gasteiger partial charge in [-0.1, -0.05) is 51.0 Å². The Morgan fingerprint density at radius 3 is 2.63 bits per heavy atom. The second-order valence-electron chi connectivity index (χ2n) is 5.65. The molecule has 0 spiro atoms. The Morgan fingerprint density at radius 1 is 1.21 bits per heavy atom. The molecule has 19 heavy (non-hydrogen) atoms. The van der Waals surface area contributed by atoms with Crippen molar-refractivity contribution in [1.82, 2.24) is 5.32 Å². The molecule has 0 bridgehead atoms. The largest absolute Gasteiger partial charge is 0.376 e. The quantitative estimate of drug-likeness (QED) is 0.781. The molecule has 1 aromatic carbocycles. The lowest BCUT2D eigenvalue weighted by atomic mass is 9.79. The average molecular weight is 261 g/mol. The van der Waals surface area contributed by atoms with Crippen molar-refractivity contribution in [3.8, 4) is 0 Å². The van der Waals surface area contributed by atoms with Crippen LogP contribution >= 0.6 is 0 Å². The van der Waals surface area contributed by atoms with Crippen molar-refractivity contribution in [3.05, 3.63) is 35.4 Å². The van der Waals surface area contributed by atoms with Crippen LogP contribution in [0.3, 0.4) is 0 Å². The van der Waals surface area contributed by atoms with Crippen LogP contribution in [0.2, 0.25) is 0 Å². The Kier molecular flexibility index (Phi) is 5.41. The summed E-state index contributed by atoms with van der Waals surface area (Å²) in [6.07, 6.45) is 5.13. The molecule has 2 heteroatoms. The highest BCUT2D eigenvalue weighted by atomic mass is 16.5. The number of likely N-dealkylation sites (N-methyl/N-ethyl adjacent to an activating group) is 1. The number of unbranched alkanes of at least 4 members (excludes halogenated alkanes) is 2. The van der Waals surface area contributed by atoms with E-state index in [9.17, 15) is 0 Å². The van der Waals surface area contributed by atoms with Gasteiger partial charge in [0, 0.05) is 6.61 Å². The molecule has 0 saturated heterocycles. The normalized spacial score (nSPS) is 26.2. The summed E-state index contributed by atoms with van der Waals surface area (Å²) >= 11 is 0. The molecule has 0 radical (unpaired) electrons. The molecule has 1 aliphatic rings. The number of benzene rings is 1. The molecular formula is C17H27NO. The summed E-state index contributed by atoms with van der Waals surface area (Å²) in [5.74, 6) is 0.594. The van der Waals surface area contributed by atoms with Crippen LogP contribution in [0.5, 0.6) is 0 Å². The van der Waals surface area contributed by atoms with Crippen LogP contribution in [0.1, 0.15) is 62.6 Å². The first-order valence-electron chi connectivity index (χ1n) is 7.65. The number of nitrogens with one attached hydrogen (secondary N) is 1. The summed E-state index contributed by atoms with van der Waals surface area (Å²) in [4.78, 5) is 0. The zero-order valence-electron chi connectivity index (χ0n) is 12.5. The fourth-order valence-electron chi connectivity index (χ4n) is 3.15. The lowest BCUT2D eigenvalue weighted by Gasteiger charge is -2.36. The standard InChI is InChI=1S/C17H27NO/c1-4-5-8-11-19-16-12-13(2)14-9-6-7-10-15(14)17(16)18-3/h6-7,9-10,13,16-18H,4-5,8,11-12H2,1-3H3. The summed E-state index contributed by atoms with van der Waals surface area (Å²) in [5, 5.41) is 3.45. The van der Waals surface area contributed by atoms with Gasteiger partial charge in [-0.05, 0) is 36.9 Å². The summed E-state index contributed by atoms with van der Waals surface area (Å²) in [6, 6.07) is 9.13. The summed E-state index contributed by atoms with van der Waals surface area (Å²) in [6.45, 7) is 5.44. The van der Waals surface area contributed by atoms with E-state index in [0.717, 1.165) is 13.0 Å². The highest BCUT2D eigenvalue weighted by Crippen LogP contribution is 2.38. The molecule has 0 heterocycles. The second kappa shape index (κ2) is 7.06. The summed E-state index contributed by atoms with van der Waals surface area (Å²) in [5.41, 5.74) is 2.90. The second-order valence-corrected chi connectivity index (χ2v) is 5.65. The number of fused-ring (bicyclic) bond motifs is 1. The molecule has 2 rings (SSSR count). The van der Waals surface area contributed by atoms with Gasteiger partial charge in [0.25, 0.3) is 0 Å². The third kappa shape index (κ3) is 3.37. The average Bonchev–Trinajstić information content (AvgIpc) is 2.44. The van der Waals surface area contributed by atoms with E-state index in [-0.39, 0.29) is 0 Å². The summed E-state index contributed by atoms with van der Waals surface area (Å²) < 4.78 is 6.15. The van der Waals surface area contributed by atoms with E-state index in [2.05, 4.69) is 43.4 Å². The third-order valence-electron chi connectivity index (χ3n) is 4.21. The fraction of sp³-hybridized carbons (Fsp3) is 0.647. The smallest absolute Gasteiger partial charge is 0.0775 e. The predicted molar refractivity (Wildman–Crippen MR) is 80.5 cm³/mol. The molecule has 0 amide bonds. The monoisotopic (exact) mass is 261 g/mol. The topological polar surface area (TPSA) is 21.3 Å². The van der Waals surface area contributed by atoms with E-state index in [0.29, 0.717) is 18.1 Å². The first kappa shape index (κ1) is 14.5. The Labute approximate surface area is 117 Å². The molecule has 1 aromatic rings. The maximum absolute atomic E-state index is 6.15. The molecular weight excluding hydrogens is 234 g/mol. The first-order chi connectivity index (χ1) is 9.27. The molecule has 0 fully saturated rings. The Balaban J connectivity index is 2.06. The van der Waals surface area contributed by atoms with Gasteiger partial charge in [0.15, 0.2) is 0 Å². The third-order valence-corrected chi connectivity index (χ3v) is 4.21. The molecule has 2 nitrogen and oxygen atoms in total. The molecule has 1 N–H and O–H groups in total. The number of hydrogen-bond donors (Lipinski definition) is 1. The lowest BCUT2D eigenvalue weighted by molar-refractivity contribution is 0.0108. The van der Waals surface area contributed by atoms with Crippen LogP contribution < -0.4 is 5.32 Å². The van der Waals surface area contributed by atoms with E-state index in [1.54, 1.807) is 0 Å². The van der Waals surface area contributed by atoms with Crippen molar-refractivity contribution in [2.75, 3.05) is 13.7 Å². The molecule has 106 valence electrons. The minimum atomic E-state index is 0.312. The van der Waals surface area contributed by atoms with Crippen LogP contribution in [-0.2, 0) is 4.74 Å². The predicted octanol–water partition coefficient (Wildman–Crippen LogP) is 4.03. The number of rotatable bonds is 6. The number of ether oxygens (including phenoxy) is 1. The Morgan fingerprint density at radius 2 is 1.95 bits per heavy atom. The van der Waals surface area contributed by atoms with Gasteiger partial charge in [-0.25, -0.2) is 0 Å². The molecule has 3 atom stereocenters. The van der Waals surface area contributed by atoms with E-state index < -0.39 is 0 Å². The van der Waals surface area contributed by atoms with Gasteiger partial charge in [0.2, 0.25) is 0 Å². The highest BCUT2D eigenvalue weighted by Gasteiger charge is 2.32. The lowest BCUT2D eigenvalue weighted by Crippen LogP contribution is -2.37. The van der Waals surface area contributed by atoms with Crippen LogP contribution in [0.4, 0.5) is 0 Å². The van der Waals surface area contributed by atoms with Gasteiger partial charge in [-0.3, -0.25) is 0 Å². The van der Waals surface area contributed by atoms with Crippen LogP contribution in [-0.4, -0.2) is 19.8 Å². The minimum absolute atomic E-state index is 0.312. The Bertz CT molecular complexity index is 391. The molecule has 0 aromatic heterocycles. The van der Waals surface area contributed by atoms with Gasteiger partial charge in [0.1, 0.15) is 0 Å². The van der Waals surface area contributed by atoms with Gasteiger partial charge >= 0.3 is 0 Å². The van der Waals surface area contributed by atoms with Crippen molar-refractivity contribution < 1.29 is 4.74 Å². The maximum Gasteiger partial charge on any atom is 0.0775 e. The zero-order valence-corrected chi connectivity index (χ0v) is 12.5.